The molecular weight excluding hydrogens is 130 g/mol. The Labute approximate surface area is 60.5 Å². The van der Waals surface area contributed by atoms with Gasteiger partial charge in [0.1, 0.15) is 0 Å². The first-order valence-corrected chi connectivity index (χ1v) is 3.13. The van der Waals surface area contributed by atoms with Crippen LogP contribution in [0.5, 0.6) is 0 Å². The number of carbonyl (C=O) groups excluding carboxylic acids is 1. The molecule has 4 nitrogen and oxygen atoms in total. The fraction of sp³-hybridized carbons (Fsp3) is 0.667. The van der Waals surface area contributed by atoms with E-state index in [1.165, 1.54) is 13.3 Å². The van der Waals surface area contributed by atoms with Crippen LogP contribution in [0.1, 0.15) is 13.8 Å². The molecule has 0 fully saturated rings. The molecule has 0 aromatic carbocycles. The molecule has 0 unspecified atom stereocenters. The molecule has 0 radical (unpaired) electrons. The third-order valence-electron chi connectivity index (χ3n) is 1.13. The summed E-state index contributed by atoms with van der Waals surface area (Å²) in [4.78, 5) is 14.3. The zero-order chi connectivity index (χ0) is 7.98. The molecule has 0 amide bonds. The van der Waals surface area contributed by atoms with Gasteiger partial charge in [-0.1, -0.05) is 0 Å². The number of nitrogens with zero attached hydrogens (tertiary/aromatic N) is 1. The molecule has 0 saturated carbocycles. The highest BCUT2D eigenvalue weighted by molar-refractivity contribution is 5.83. The zero-order valence-corrected chi connectivity index (χ0v) is 6.29. The van der Waals surface area contributed by atoms with E-state index in [1.54, 1.807) is 6.92 Å². The predicted molar refractivity (Wildman–Crippen MR) is 40.8 cm³/mol. The number of aliphatic imine (C=N–C) groups is 1. The first-order chi connectivity index (χ1) is 4.68. The summed E-state index contributed by atoms with van der Waals surface area (Å²) >= 11 is 0. The van der Waals surface area contributed by atoms with Crippen LogP contribution in [0.15, 0.2) is 4.99 Å². The quantitative estimate of drug-likeness (QED) is 0.411. The van der Waals surface area contributed by atoms with Crippen molar-refractivity contribution >= 4 is 12.1 Å². The van der Waals surface area contributed by atoms with Gasteiger partial charge >= 0.3 is 0 Å². The molecule has 0 aliphatic rings. The van der Waals surface area contributed by atoms with Crippen LogP contribution < -0.4 is 11.1 Å². The van der Waals surface area contributed by atoms with Crippen molar-refractivity contribution < 1.29 is 4.79 Å². The van der Waals surface area contributed by atoms with E-state index in [0.717, 1.165) is 0 Å². The van der Waals surface area contributed by atoms with Gasteiger partial charge in [0.05, 0.1) is 19.0 Å². The predicted octanol–water partition coefficient (Wildman–Crippen LogP) is -0.502. The molecule has 0 rings (SSSR count). The smallest absolute Gasteiger partial charge is 0.151 e. The molecule has 0 bridgehead atoms. The van der Waals surface area contributed by atoms with Crippen molar-refractivity contribution in [2.24, 2.45) is 10.7 Å². The molecule has 0 aliphatic heterocycles. The van der Waals surface area contributed by atoms with Crippen molar-refractivity contribution in [2.75, 3.05) is 6.67 Å². The van der Waals surface area contributed by atoms with Gasteiger partial charge in [0.25, 0.3) is 0 Å². The maximum absolute atomic E-state index is 10.6. The fourth-order valence-electron chi connectivity index (χ4n) is 0.335. The summed E-state index contributed by atoms with van der Waals surface area (Å²) in [7, 11) is 0. The van der Waals surface area contributed by atoms with Crippen LogP contribution in [0.4, 0.5) is 0 Å². The molecule has 58 valence electrons. The first-order valence-electron chi connectivity index (χ1n) is 3.13. The molecule has 0 spiro atoms. The average Bonchev–Trinajstić information content (AvgIpc) is 1.88. The molecule has 0 aromatic rings. The summed E-state index contributed by atoms with van der Waals surface area (Å²) in [6.07, 6.45) is 1.45. The molecule has 3 N–H and O–H groups in total. The summed E-state index contributed by atoms with van der Waals surface area (Å²) in [5.74, 6) is 0.0865. The lowest BCUT2D eigenvalue weighted by Crippen LogP contribution is -2.31. The minimum absolute atomic E-state index is 0.0865. The van der Waals surface area contributed by atoms with E-state index in [1.807, 2.05) is 0 Å². The molecule has 4 heteroatoms. The van der Waals surface area contributed by atoms with E-state index in [9.17, 15) is 4.79 Å². The summed E-state index contributed by atoms with van der Waals surface area (Å²) in [6, 6.07) is -0.171. The molecule has 1 atom stereocenters. The Morgan fingerprint density at radius 3 is 2.90 bits per heavy atom. The SMILES string of the molecule is CC(=O)[C@H](C)NC=NCN. The largest absolute Gasteiger partial charge is 0.367 e. The zero-order valence-electron chi connectivity index (χ0n) is 6.29. The lowest BCUT2D eigenvalue weighted by molar-refractivity contribution is -0.118. The number of nitrogens with one attached hydrogen (secondary N) is 1. The summed E-state index contributed by atoms with van der Waals surface area (Å²) in [5.41, 5.74) is 5.07. The number of rotatable bonds is 4. The first kappa shape index (κ1) is 9.10. The summed E-state index contributed by atoms with van der Waals surface area (Å²) < 4.78 is 0. The van der Waals surface area contributed by atoms with Gasteiger partial charge in [-0.3, -0.25) is 9.79 Å². The van der Waals surface area contributed by atoms with E-state index in [0.29, 0.717) is 0 Å². The minimum atomic E-state index is -0.171. The highest BCUT2D eigenvalue weighted by atomic mass is 16.1. The standard InChI is InChI=1S/C6H13N3O/c1-5(6(2)10)9-4-8-3-7/h4-5H,3,7H2,1-2H3,(H,8,9)/t5-/m0/s1. The normalized spacial score (nSPS) is 13.5. The number of hydrogen-bond acceptors (Lipinski definition) is 3. The lowest BCUT2D eigenvalue weighted by atomic mass is 10.2. The van der Waals surface area contributed by atoms with Gasteiger partial charge in [0.2, 0.25) is 0 Å². The second kappa shape index (κ2) is 4.93. The number of ketones is 1. The minimum Gasteiger partial charge on any atom is -0.367 e. The van der Waals surface area contributed by atoms with E-state index in [4.69, 9.17) is 5.73 Å². The second-order valence-electron chi connectivity index (χ2n) is 1.99. The Bertz CT molecular complexity index is 133. The van der Waals surface area contributed by atoms with E-state index in [-0.39, 0.29) is 18.5 Å². The topological polar surface area (TPSA) is 67.5 Å². The summed E-state index contributed by atoms with van der Waals surface area (Å²) in [6.45, 7) is 3.54. The lowest BCUT2D eigenvalue weighted by Gasteiger charge is -2.04. The fourth-order valence-corrected chi connectivity index (χ4v) is 0.335. The van der Waals surface area contributed by atoms with Crippen LogP contribution >= 0.6 is 0 Å². The van der Waals surface area contributed by atoms with Crippen molar-refractivity contribution in [2.45, 2.75) is 19.9 Å². The molecular formula is C6H13N3O. The van der Waals surface area contributed by atoms with Gasteiger partial charge in [0.15, 0.2) is 5.78 Å². The van der Waals surface area contributed by atoms with Gasteiger partial charge in [-0.05, 0) is 13.8 Å². The van der Waals surface area contributed by atoms with Crippen LogP contribution in [-0.2, 0) is 4.79 Å². The summed E-state index contributed by atoms with van der Waals surface area (Å²) in [5, 5.41) is 2.76. The van der Waals surface area contributed by atoms with Gasteiger partial charge in [-0.2, -0.15) is 0 Å². The van der Waals surface area contributed by atoms with Gasteiger partial charge in [0, 0.05) is 0 Å². The van der Waals surface area contributed by atoms with Crippen molar-refractivity contribution in [3.8, 4) is 0 Å². The highest BCUT2D eigenvalue weighted by Crippen LogP contribution is 1.79. The number of nitrogens with two attached hydrogens (primary N) is 1. The Morgan fingerprint density at radius 2 is 2.50 bits per heavy atom. The van der Waals surface area contributed by atoms with E-state index in [2.05, 4.69) is 10.3 Å². The number of carbonyl (C=O) groups is 1. The van der Waals surface area contributed by atoms with Crippen LogP contribution in [-0.4, -0.2) is 24.8 Å². The molecule has 0 heterocycles. The Morgan fingerprint density at radius 1 is 1.90 bits per heavy atom. The maximum atomic E-state index is 10.6. The van der Waals surface area contributed by atoms with Crippen molar-refractivity contribution in [3.05, 3.63) is 0 Å². The Kier molecular flexibility index (Phi) is 4.49. The van der Waals surface area contributed by atoms with Gasteiger partial charge < -0.3 is 11.1 Å². The Hall–Kier alpha value is -0.900. The maximum Gasteiger partial charge on any atom is 0.151 e. The van der Waals surface area contributed by atoms with Crippen molar-refractivity contribution in [1.29, 1.82) is 0 Å². The van der Waals surface area contributed by atoms with Crippen LogP contribution in [0.25, 0.3) is 0 Å². The molecule has 0 aromatic heterocycles. The van der Waals surface area contributed by atoms with E-state index >= 15 is 0 Å². The molecule has 0 saturated heterocycles. The third kappa shape index (κ3) is 4.03. The highest BCUT2D eigenvalue weighted by Gasteiger charge is 2.01. The average molecular weight is 143 g/mol. The van der Waals surface area contributed by atoms with Crippen molar-refractivity contribution in [3.63, 3.8) is 0 Å². The number of Topliss-reactive ketones (excluding diaryl/α,β-unsaturated/α-hetero) is 1. The van der Waals surface area contributed by atoms with Crippen LogP contribution in [0.2, 0.25) is 0 Å². The third-order valence-corrected chi connectivity index (χ3v) is 1.13. The molecule has 10 heavy (non-hydrogen) atoms. The van der Waals surface area contributed by atoms with E-state index < -0.39 is 0 Å². The molecule has 0 aliphatic carbocycles. The van der Waals surface area contributed by atoms with Gasteiger partial charge in [-0.25, -0.2) is 0 Å². The van der Waals surface area contributed by atoms with Crippen molar-refractivity contribution in [1.82, 2.24) is 5.32 Å². The van der Waals surface area contributed by atoms with Crippen LogP contribution in [0.3, 0.4) is 0 Å². The second-order valence-corrected chi connectivity index (χ2v) is 1.99. The van der Waals surface area contributed by atoms with Gasteiger partial charge in [-0.15, -0.1) is 0 Å². The Balaban J connectivity index is 3.48. The van der Waals surface area contributed by atoms with Crippen LogP contribution in [0, 0.1) is 0 Å². The number of hydrogen-bond donors (Lipinski definition) is 2. The monoisotopic (exact) mass is 143 g/mol.